The average molecular weight is 319 g/mol. The van der Waals surface area contributed by atoms with Crippen LogP contribution in [0.1, 0.15) is 35.4 Å². The van der Waals surface area contributed by atoms with E-state index in [1.54, 1.807) is 0 Å². The van der Waals surface area contributed by atoms with E-state index >= 15 is 0 Å². The van der Waals surface area contributed by atoms with Gasteiger partial charge in [-0.1, -0.05) is 6.42 Å². The third-order valence-corrected chi connectivity index (χ3v) is 6.87. The van der Waals surface area contributed by atoms with Crippen molar-refractivity contribution in [2.24, 2.45) is 0 Å². The Morgan fingerprint density at radius 1 is 1.40 bits per heavy atom. The number of hydrogen-bond acceptors (Lipinski definition) is 5. The normalized spacial score (nSPS) is 16.3. The Morgan fingerprint density at radius 3 is 2.55 bits per heavy atom. The number of nitrogens with zero attached hydrogens (tertiary/aromatic N) is 1. The van der Waals surface area contributed by atoms with Gasteiger partial charge in [-0.05, 0) is 31.4 Å². The molecule has 1 saturated carbocycles. The number of aliphatic hydroxyl groups excluding tert-OH is 1. The van der Waals surface area contributed by atoms with Gasteiger partial charge in [0, 0.05) is 19.2 Å². The van der Waals surface area contributed by atoms with Crippen molar-refractivity contribution in [3.63, 3.8) is 0 Å². The molecule has 0 saturated heterocycles. The Hall–Kier alpha value is -0.960. The lowest BCUT2D eigenvalue weighted by molar-refractivity contribution is 0.0702. The topological polar surface area (TPSA) is 94.9 Å². The van der Waals surface area contributed by atoms with Gasteiger partial charge >= 0.3 is 5.97 Å². The first-order valence-corrected chi connectivity index (χ1v) is 8.68. The molecule has 1 aliphatic rings. The smallest absolute Gasteiger partial charge is 0.345 e. The highest BCUT2D eigenvalue weighted by Gasteiger charge is 2.35. The Bertz CT molecular complexity index is 576. The van der Waals surface area contributed by atoms with Crippen LogP contribution in [0.15, 0.2) is 16.3 Å². The molecule has 1 heterocycles. The van der Waals surface area contributed by atoms with Crippen LogP contribution in [0, 0.1) is 0 Å². The van der Waals surface area contributed by atoms with Gasteiger partial charge < -0.3 is 10.2 Å². The predicted octanol–water partition coefficient (Wildman–Crippen LogP) is 1.37. The average Bonchev–Trinajstić information content (AvgIpc) is 2.81. The van der Waals surface area contributed by atoms with Crippen LogP contribution >= 0.6 is 11.3 Å². The van der Waals surface area contributed by atoms with Gasteiger partial charge in [0.15, 0.2) is 0 Å². The van der Waals surface area contributed by atoms with E-state index < -0.39 is 16.0 Å². The molecule has 8 heteroatoms. The summed E-state index contributed by atoms with van der Waals surface area (Å²) >= 11 is 0.770. The van der Waals surface area contributed by atoms with E-state index in [0.717, 1.165) is 30.6 Å². The third-order valence-electron chi connectivity index (χ3n) is 3.37. The third kappa shape index (κ3) is 3.03. The summed E-state index contributed by atoms with van der Waals surface area (Å²) in [6, 6.07) is 2.63. The summed E-state index contributed by atoms with van der Waals surface area (Å²) < 4.78 is 26.6. The van der Waals surface area contributed by atoms with E-state index in [1.165, 1.54) is 16.4 Å². The molecule has 1 fully saturated rings. The molecule has 0 atom stereocenters. The summed E-state index contributed by atoms with van der Waals surface area (Å²) in [6.07, 6.45) is 3.02. The zero-order valence-corrected chi connectivity index (χ0v) is 12.5. The lowest BCUT2D eigenvalue weighted by Crippen LogP contribution is -2.44. The maximum atomic E-state index is 12.6. The molecule has 0 radical (unpaired) electrons. The van der Waals surface area contributed by atoms with E-state index in [9.17, 15) is 13.2 Å². The molecule has 20 heavy (non-hydrogen) atoms. The van der Waals surface area contributed by atoms with Crippen molar-refractivity contribution in [1.82, 2.24) is 4.31 Å². The predicted molar refractivity (Wildman–Crippen MR) is 74.5 cm³/mol. The molecule has 0 unspecified atom stereocenters. The maximum absolute atomic E-state index is 12.6. The molecule has 0 aromatic carbocycles. The molecule has 2 rings (SSSR count). The zero-order valence-electron chi connectivity index (χ0n) is 10.9. The molecular weight excluding hydrogens is 302 g/mol. The van der Waals surface area contributed by atoms with Crippen molar-refractivity contribution in [3.05, 3.63) is 17.0 Å². The fraction of sp³-hybridized carbons (Fsp3) is 0.583. The summed E-state index contributed by atoms with van der Waals surface area (Å²) in [5.74, 6) is -1.12. The van der Waals surface area contributed by atoms with Crippen LogP contribution in [0.4, 0.5) is 0 Å². The van der Waals surface area contributed by atoms with Gasteiger partial charge in [-0.25, -0.2) is 13.2 Å². The molecule has 0 spiro atoms. The number of carboxylic acid groups (broad SMARTS) is 1. The molecule has 0 aliphatic heterocycles. The van der Waals surface area contributed by atoms with Crippen LogP contribution in [0.2, 0.25) is 0 Å². The highest BCUT2D eigenvalue weighted by Crippen LogP contribution is 2.32. The SMILES string of the molecule is O=C(O)c1ccc(S(=O)(=O)N(CCCO)C2CCC2)s1. The second kappa shape index (κ2) is 6.21. The number of thiophene rings is 1. The van der Waals surface area contributed by atoms with Crippen molar-refractivity contribution in [2.75, 3.05) is 13.2 Å². The fourth-order valence-electron chi connectivity index (χ4n) is 2.09. The van der Waals surface area contributed by atoms with Gasteiger partial charge in [0.25, 0.3) is 10.0 Å². The summed E-state index contributed by atoms with van der Waals surface area (Å²) in [4.78, 5) is 10.9. The summed E-state index contributed by atoms with van der Waals surface area (Å²) in [5.41, 5.74) is 0. The minimum atomic E-state index is -3.67. The second-order valence-electron chi connectivity index (χ2n) is 4.70. The number of hydrogen-bond donors (Lipinski definition) is 2. The Balaban J connectivity index is 2.26. The number of sulfonamides is 1. The number of carboxylic acids is 1. The zero-order chi connectivity index (χ0) is 14.8. The Kier molecular flexibility index (Phi) is 4.79. The highest BCUT2D eigenvalue weighted by atomic mass is 32.2. The lowest BCUT2D eigenvalue weighted by atomic mass is 9.93. The van der Waals surface area contributed by atoms with E-state index in [-0.39, 0.29) is 28.3 Å². The van der Waals surface area contributed by atoms with E-state index in [0.29, 0.717) is 6.42 Å². The summed E-state index contributed by atoms with van der Waals surface area (Å²) in [7, 11) is -3.67. The van der Waals surface area contributed by atoms with Crippen molar-refractivity contribution >= 4 is 27.3 Å². The quantitative estimate of drug-likeness (QED) is 0.791. The van der Waals surface area contributed by atoms with Gasteiger partial charge in [-0.3, -0.25) is 0 Å². The number of aliphatic hydroxyl groups is 1. The van der Waals surface area contributed by atoms with E-state index in [1.807, 2.05) is 0 Å². The van der Waals surface area contributed by atoms with Crippen LogP contribution in [0.3, 0.4) is 0 Å². The van der Waals surface area contributed by atoms with Crippen molar-refractivity contribution < 1.29 is 23.4 Å². The first-order chi connectivity index (χ1) is 9.46. The van der Waals surface area contributed by atoms with Gasteiger partial charge in [-0.2, -0.15) is 4.31 Å². The Morgan fingerprint density at radius 2 is 2.10 bits per heavy atom. The van der Waals surface area contributed by atoms with Crippen LogP contribution in [-0.4, -0.2) is 48.1 Å². The minimum Gasteiger partial charge on any atom is -0.477 e. The van der Waals surface area contributed by atoms with Gasteiger partial charge in [0.1, 0.15) is 9.09 Å². The number of rotatable bonds is 7. The van der Waals surface area contributed by atoms with Crippen molar-refractivity contribution in [3.8, 4) is 0 Å². The number of aromatic carboxylic acids is 1. The molecule has 2 N–H and O–H groups in total. The first kappa shape index (κ1) is 15.4. The minimum absolute atomic E-state index is 0.0132. The highest BCUT2D eigenvalue weighted by molar-refractivity contribution is 7.91. The molecule has 1 aromatic heterocycles. The Labute approximate surface area is 121 Å². The van der Waals surface area contributed by atoms with Crippen molar-refractivity contribution in [2.45, 2.75) is 35.9 Å². The molecule has 0 bridgehead atoms. The van der Waals surface area contributed by atoms with Gasteiger partial charge in [0.2, 0.25) is 0 Å². The summed E-state index contributed by atoms with van der Waals surface area (Å²) in [6.45, 7) is 0.202. The molecule has 1 aliphatic carbocycles. The van der Waals surface area contributed by atoms with Gasteiger partial charge in [-0.15, -0.1) is 11.3 Å². The number of carbonyl (C=O) groups is 1. The van der Waals surface area contributed by atoms with Crippen LogP contribution in [0.5, 0.6) is 0 Å². The van der Waals surface area contributed by atoms with Crippen molar-refractivity contribution in [1.29, 1.82) is 0 Å². The van der Waals surface area contributed by atoms with E-state index in [2.05, 4.69) is 0 Å². The lowest BCUT2D eigenvalue weighted by Gasteiger charge is -2.36. The van der Waals surface area contributed by atoms with Crippen LogP contribution in [-0.2, 0) is 10.0 Å². The van der Waals surface area contributed by atoms with Crippen LogP contribution < -0.4 is 0 Å². The van der Waals surface area contributed by atoms with Crippen LogP contribution in [0.25, 0.3) is 0 Å². The molecule has 0 amide bonds. The largest absolute Gasteiger partial charge is 0.477 e. The maximum Gasteiger partial charge on any atom is 0.345 e. The molecular formula is C12H17NO5S2. The fourth-order valence-corrected chi connectivity index (χ4v) is 5.09. The molecule has 1 aromatic rings. The molecule has 6 nitrogen and oxygen atoms in total. The first-order valence-electron chi connectivity index (χ1n) is 6.42. The summed E-state index contributed by atoms with van der Waals surface area (Å²) in [5, 5.41) is 17.8. The monoisotopic (exact) mass is 319 g/mol. The molecule has 112 valence electrons. The standard InChI is InChI=1S/C12H17NO5S2/c14-8-2-7-13(9-3-1-4-9)20(17,18)11-6-5-10(19-11)12(15)16/h5-6,9,14H,1-4,7-8H2,(H,15,16). The van der Waals surface area contributed by atoms with E-state index in [4.69, 9.17) is 10.2 Å². The second-order valence-corrected chi connectivity index (χ2v) is 7.90. The van der Waals surface area contributed by atoms with Gasteiger partial charge in [0.05, 0.1) is 0 Å².